The van der Waals surface area contributed by atoms with E-state index < -0.39 is 0 Å². The average molecular weight is 283 g/mol. The third-order valence-corrected chi connectivity index (χ3v) is 3.23. The first kappa shape index (κ1) is 11.6. The molecule has 2 rings (SSSR count). The molecule has 0 aliphatic carbocycles. The maximum Gasteiger partial charge on any atom is 0.228 e. The summed E-state index contributed by atoms with van der Waals surface area (Å²) in [6.45, 7) is 3.74. The van der Waals surface area contributed by atoms with Crippen molar-refractivity contribution in [3.05, 3.63) is 28.7 Å². The summed E-state index contributed by atoms with van der Waals surface area (Å²) in [5, 5.41) is 3.32. The molecule has 1 atom stereocenters. The fourth-order valence-corrected chi connectivity index (χ4v) is 2.41. The van der Waals surface area contributed by atoms with Crippen molar-refractivity contribution in [3.63, 3.8) is 0 Å². The lowest BCUT2D eigenvalue weighted by atomic mass is 10.2. The molecule has 1 amide bonds. The minimum Gasteiger partial charge on any atom is -0.312 e. The standard InChI is InChI=1S/C12H15BrN2O/c1-2-14-10-7-12(16)15(8-10)11-5-3-4-9(13)6-11/h3-6,10,14H,2,7-8H2,1H3. The van der Waals surface area contributed by atoms with Crippen molar-refractivity contribution in [1.82, 2.24) is 5.32 Å². The molecule has 1 N–H and O–H groups in total. The highest BCUT2D eigenvalue weighted by atomic mass is 79.9. The smallest absolute Gasteiger partial charge is 0.228 e. The second-order valence-corrected chi connectivity index (χ2v) is 4.86. The fraction of sp³-hybridized carbons (Fsp3) is 0.417. The molecule has 0 radical (unpaired) electrons. The lowest BCUT2D eigenvalue weighted by Gasteiger charge is -2.17. The number of halogens is 1. The summed E-state index contributed by atoms with van der Waals surface area (Å²) in [4.78, 5) is 13.7. The van der Waals surface area contributed by atoms with E-state index in [4.69, 9.17) is 0 Å². The quantitative estimate of drug-likeness (QED) is 0.922. The van der Waals surface area contributed by atoms with Crippen LogP contribution in [0.4, 0.5) is 5.69 Å². The number of anilines is 1. The number of benzene rings is 1. The highest BCUT2D eigenvalue weighted by molar-refractivity contribution is 9.10. The van der Waals surface area contributed by atoms with Gasteiger partial charge in [0.2, 0.25) is 5.91 Å². The van der Waals surface area contributed by atoms with Gasteiger partial charge in [0.05, 0.1) is 0 Å². The summed E-state index contributed by atoms with van der Waals surface area (Å²) in [6, 6.07) is 8.15. The molecule has 4 heteroatoms. The summed E-state index contributed by atoms with van der Waals surface area (Å²) >= 11 is 3.42. The maximum atomic E-state index is 11.8. The van der Waals surface area contributed by atoms with E-state index in [9.17, 15) is 4.79 Å². The summed E-state index contributed by atoms with van der Waals surface area (Å²) in [7, 11) is 0. The number of amides is 1. The molecule has 1 fully saturated rings. The van der Waals surface area contributed by atoms with Crippen LogP contribution in [0.5, 0.6) is 0 Å². The van der Waals surface area contributed by atoms with Crippen molar-refractivity contribution in [2.75, 3.05) is 18.0 Å². The molecule has 1 aromatic carbocycles. The zero-order valence-electron chi connectivity index (χ0n) is 9.24. The first-order valence-corrected chi connectivity index (χ1v) is 6.29. The molecule has 0 bridgehead atoms. The van der Waals surface area contributed by atoms with Crippen LogP contribution in [0, 0.1) is 0 Å². The van der Waals surface area contributed by atoms with Crippen LogP contribution in [0.2, 0.25) is 0 Å². The molecule has 1 aliphatic heterocycles. The Morgan fingerprint density at radius 2 is 2.38 bits per heavy atom. The number of carbonyl (C=O) groups excluding carboxylic acids is 1. The van der Waals surface area contributed by atoms with Crippen LogP contribution in [0.15, 0.2) is 28.7 Å². The van der Waals surface area contributed by atoms with Gasteiger partial charge in [-0.1, -0.05) is 28.9 Å². The number of hydrogen-bond donors (Lipinski definition) is 1. The SMILES string of the molecule is CCNC1CC(=O)N(c2cccc(Br)c2)C1. The lowest BCUT2D eigenvalue weighted by molar-refractivity contribution is -0.117. The van der Waals surface area contributed by atoms with Crippen LogP contribution in [0.3, 0.4) is 0 Å². The Balaban J connectivity index is 2.13. The van der Waals surface area contributed by atoms with Gasteiger partial charge in [0.15, 0.2) is 0 Å². The fourth-order valence-electron chi connectivity index (χ4n) is 2.03. The maximum absolute atomic E-state index is 11.8. The van der Waals surface area contributed by atoms with Gasteiger partial charge in [-0.15, -0.1) is 0 Å². The summed E-state index contributed by atoms with van der Waals surface area (Å²) in [5.41, 5.74) is 0.972. The van der Waals surface area contributed by atoms with Gasteiger partial charge in [-0.3, -0.25) is 4.79 Å². The molecule has 3 nitrogen and oxygen atoms in total. The van der Waals surface area contributed by atoms with Gasteiger partial charge in [0, 0.05) is 29.2 Å². The summed E-state index contributed by atoms with van der Waals surface area (Å²) in [5.74, 6) is 0.198. The summed E-state index contributed by atoms with van der Waals surface area (Å²) in [6.07, 6.45) is 0.598. The number of rotatable bonds is 3. The monoisotopic (exact) mass is 282 g/mol. The minimum absolute atomic E-state index is 0.198. The topological polar surface area (TPSA) is 32.3 Å². The van der Waals surface area contributed by atoms with Gasteiger partial charge < -0.3 is 10.2 Å². The third kappa shape index (κ3) is 2.44. The second-order valence-electron chi connectivity index (χ2n) is 3.94. The highest BCUT2D eigenvalue weighted by Crippen LogP contribution is 2.24. The van der Waals surface area contributed by atoms with Gasteiger partial charge in [0.1, 0.15) is 0 Å². The Morgan fingerprint density at radius 1 is 1.56 bits per heavy atom. The first-order chi connectivity index (χ1) is 7.70. The number of carbonyl (C=O) groups is 1. The molecular weight excluding hydrogens is 268 g/mol. The van der Waals surface area contributed by atoms with Crippen LogP contribution in [0.25, 0.3) is 0 Å². The van der Waals surface area contributed by atoms with E-state index in [1.165, 1.54) is 0 Å². The molecule has 1 aliphatic rings. The largest absolute Gasteiger partial charge is 0.312 e. The average Bonchev–Trinajstić information content (AvgIpc) is 2.60. The molecule has 1 unspecified atom stereocenters. The van der Waals surface area contributed by atoms with E-state index in [0.717, 1.165) is 23.2 Å². The molecular formula is C12H15BrN2O. The van der Waals surface area contributed by atoms with E-state index in [-0.39, 0.29) is 11.9 Å². The number of likely N-dealkylation sites (N-methyl/N-ethyl adjacent to an activating group) is 1. The normalized spacial score (nSPS) is 20.5. The number of nitrogens with zero attached hydrogens (tertiary/aromatic N) is 1. The van der Waals surface area contributed by atoms with E-state index in [0.29, 0.717) is 6.42 Å². The van der Waals surface area contributed by atoms with Crippen LogP contribution in [0.1, 0.15) is 13.3 Å². The van der Waals surface area contributed by atoms with E-state index >= 15 is 0 Å². The van der Waals surface area contributed by atoms with E-state index in [1.807, 2.05) is 29.2 Å². The van der Waals surface area contributed by atoms with Gasteiger partial charge in [-0.25, -0.2) is 0 Å². The van der Waals surface area contributed by atoms with Gasteiger partial charge in [-0.05, 0) is 24.7 Å². The molecule has 16 heavy (non-hydrogen) atoms. The Bertz CT molecular complexity index is 394. The Hall–Kier alpha value is -0.870. The van der Waals surface area contributed by atoms with Gasteiger partial charge >= 0.3 is 0 Å². The number of hydrogen-bond acceptors (Lipinski definition) is 2. The first-order valence-electron chi connectivity index (χ1n) is 5.50. The van der Waals surface area contributed by atoms with Crippen molar-refractivity contribution in [1.29, 1.82) is 0 Å². The van der Waals surface area contributed by atoms with Gasteiger partial charge in [0.25, 0.3) is 0 Å². The zero-order chi connectivity index (χ0) is 11.5. The van der Waals surface area contributed by atoms with Crippen LogP contribution in [-0.2, 0) is 4.79 Å². The molecule has 0 spiro atoms. The molecule has 0 saturated carbocycles. The minimum atomic E-state index is 0.198. The van der Waals surface area contributed by atoms with Gasteiger partial charge in [-0.2, -0.15) is 0 Å². The van der Waals surface area contributed by atoms with Crippen molar-refractivity contribution < 1.29 is 4.79 Å². The summed E-state index contributed by atoms with van der Waals surface area (Å²) < 4.78 is 1.00. The Labute approximate surface area is 104 Å². The van der Waals surface area contributed by atoms with Crippen LogP contribution >= 0.6 is 15.9 Å². The molecule has 0 aromatic heterocycles. The predicted molar refractivity (Wildman–Crippen MR) is 68.6 cm³/mol. The lowest BCUT2D eigenvalue weighted by Crippen LogP contribution is -2.32. The predicted octanol–water partition coefficient (Wildman–Crippen LogP) is 2.16. The highest BCUT2D eigenvalue weighted by Gasteiger charge is 2.29. The van der Waals surface area contributed by atoms with Crippen LogP contribution in [-0.4, -0.2) is 25.0 Å². The molecule has 1 heterocycles. The van der Waals surface area contributed by atoms with Crippen LogP contribution < -0.4 is 10.2 Å². The molecule has 86 valence electrons. The van der Waals surface area contributed by atoms with E-state index in [2.05, 4.69) is 28.2 Å². The van der Waals surface area contributed by atoms with Crippen molar-refractivity contribution >= 4 is 27.5 Å². The third-order valence-electron chi connectivity index (χ3n) is 2.74. The number of nitrogens with one attached hydrogen (secondary N) is 1. The van der Waals surface area contributed by atoms with E-state index in [1.54, 1.807) is 0 Å². The van der Waals surface area contributed by atoms with Crippen molar-refractivity contribution in [2.45, 2.75) is 19.4 Å². The Kier molecular flexibility index (Phi) is 3.61. The molecule has 1 saturated heterocycles. The zero-order valence-corrected chi connectivity index (χ0v) is 10.8. The van der Waals surface area contributed by atoms with Crippen molar-refractivity contribution in [2.24, 2.45) is 0 Å². The second kappa shape index (κ2) is 4.97. The Morgan fingerprint density at radius 3 is 3.06 bits per heavy atom. The molecule has 1 aromatic rings. The van der Waals surface area contributed by atoms with Crippen molar-refractivity contribution in [3.8, 4) is 0 Å².